The minimum absolute atomic E-state index is 0.219. The molecule has 150 valence electrons. The van der Waals surface area contributed by atoms with Gasteiger partial charge in [0.15, 0.2) is 0 Å². The fourth-order valence-electron chi connectivity index (χ4n) is 3.07. The Hall–Kier alpha value is -4.07. The molecule has 0 aliphatic rings. The Balaban J connectivity index is 1.58. The SMILES string of the molecule is COc1ccccc1-c1ccnc(-n2ncc(C(=O)NCc3cccnc3)c2C)n1. The first-order valence-electron chi connectivity index (χ1n) is 9.36. The van der Waals surface area contributed by atoms with Gasteiger partial charge in [-0.05, 0) is 36.8 Å². The van der Waals surface area contributed by atoms with Crippen LogP contribution in [0.3, 0.4) is 0 Å². The number of hydrogen-bond donors (Lipinski definition) is 1. The molecule has 0 aliphatic heterocycles. The van der Waals surface area contributed by atoms with Gasteiger partial charge in [-0.3, -0.25) is 9.78 Å². The maximum absolute atomic E-state index is 12.6. The minimum atomic E-state index is -0.219. The fourth-order valence-corrected chi connectivity index (χ4v) is 3.07. The fraction of sp³-hybridized carbons (Fsp3) is 0.136. The number of aromatic nitrogens is 5. The molecule has 0 saturated carbocycles. The molecule has 1 amide bonds. The first-order valence-corrected chi connectivity index (χ1v) is 9.36. The third kappa shape index (κ3) is 3.88. The van der Waals surface area contributed by atoms with Crippen LogP contribution in [0, 0.1) is 6.92 Å². The zero-order valence-electron chi connectivity index (χ0n) is 16.6. The van der Waals surface area contributed by atoms with E-state index in [1.807, 2.05) is 49.4 Å². The number of amides is 1. The first-order chi connectivity index (χ1) is 14.7. The van der Waals surface area contributed by atoms with E-state index in [-0.39, 0.29) is 5.91 Å². The molecule has 3 heterocycles. The molecule has 0 aliphatic carbocycles. The molecule has 8 nitrogen and oxygen atoms in total. The van der Waals surface area contributed by atoms with Crippen molar-refractivity contribution in [1.82, 2.24) is 30.0 Å². The van der Waals surface area contributed by atoms with Crippen molar-refractivity contribution in [2.24, 2.45) is 0 Å². The molecule has 0 bridgehead atoms. The molecule has 0 radical (unpaired) electrons. The standard InChI is InChI=1S/C22H20N6O2/c1-15-18(21(29)25-13-16-6-5-10-23-12-16)14-26-28(15)22-24-11-9-19(27-22)17-7-3-4-8-20(17)30-2/h3-12,14H,13H2,1-2H3,(H,25,29). The summed E-state index contributed by atoms with van der Waals surface area (Å²) in [6.45, 7) is 2.20. The van der Waals surface area contributed by atoms with E-state index in [0.29, 0.717) is 29.4 Å². The average molecular weight is 400 g/mol. The Kier molecular flexibility index (Phi) is 5.47. The second-order valence-corrected chi connectivity index (χ2v) is 6.54. The van der Waals surface area contributed by atoms with Crippen molar-refractivity contribution in [3.05, 3.63) is 84.1 Å². The number of rotatable bonds is 6. The number of carbonyl (C=O) groups excluding carboxylic acids is 1. The molecular formula is C22H20N6O2. The lowest BCUT2D eigenvalue weighted by Gasteiger charge is -2.09. The lowest BCUT2D eigenvalue weighted by Crippen LogP contribution is -2.23. The number of ether oxygens (including phenoxy) is 1. The summed E-state index contributed by atoms with van der Waals surface area (Å²) in [6, 6.07) is 13.2. The predicted octanol–water partition coefficient (Wildman–Crippen LogP) is 2.97. The van der Waals surface area contributed by atoms with Crippen molar-refractivity contribution in [2.45, 2.75) is 13.5 Å². The summed E-state index contributed by atoms with van der Waals surface area (Å²) in [5.41, 5.74) is 3.59. The van der Waals surface area contributed by atoms with Gasteiger partial charge >= 0.3 is 0 Å². The molecule has 4 rings (SSSR count). The topological polar surface area (TPSA) is 94.8 Å². The molecular weight excluding hydrogens is 380 g/mol. The third-order valence-corrected chi connectivity index (χ3v) is 4.65. The van der Waals surface area contributed by atoms with Crippen molar-refractivity contribution in [2.75, 3.05) is 7.11 Å². The lowest BCUT2D eigenvalue weighted by atomic mass is 10.1. The number of hydrogen-bond acceptors (Lipinski definition) is 6. The molecule has 8 heteroatoms. The molecule has 1 N–H and O–H groups in total. The first kappa shape index (κ1) is 19.3. The molecule has 30 heavy (non-hydrogen) atoms. The number of para-hydroxylation sites is 1. The second kappa shape index (κ2) is 8.52. The van der Waals surface area contributed by atoms with E-state index >= 15 is 0 Å². The maximum atomic E-state index is 12.6. The van der Waals surface area contributed by atoms with Crippen molar-refractivity contribution in [3.63, 3.8) is 0 Å². The molecule has 0 fully saturated rings. The number of nitrogens with zero attached hydrogens (tertiary/aromatic N) is 5. The molecule has 0 atom stereocenters. The van der Waals surface area contributed by atoms with Gasteiger partial charge in [0.25, 0.3) is 11.9 Å². The van der Waals surface area contributed by atoms with E-state index in [1.165, 1.54) is 6.20 Å². The second-order valence-electron chi connectivity index (χ2n) is 6.54. The van der Waals surface area contributed by atoms with Crippen molar-refractivity contribution >= 4 is 5.91 Å². The van der Waals surface area contributed by atoms with Gasteiger partial charge in [0.1, 0.15) is 5.75 Å². The van der Waals surface area contributed by atoms with Gasteiger partial charge in [0, 0.05) is 30.7 Å². The number of benzene rings is 1. The van der Waals surface area contributed by atoms with Gasteiger partial charge in [-0.1, -0.05) is 18.2 Å². The van der Waals surface area contributed by atoms with Gasteiger partial charge in [-0.15, -0.1) is 0 Å². The predicted molar refractivity (Wildman–Crippen MR) is 111 cm³/mol. The van der Waals surface area contributed by atoms with Crippen LogP contribution in [0.2, 0.25) is 0 Å². The van der Waals surface area contributed by atoms with Gasteiger partial charge in [-0.25, -0.2) is 14.6 Å². The molecule has 4 aromatic rings. The van der Waals surface area contributed by atoms with Crippen molar-refractivity contribution in [3.8, 4) is 23.0 Å². The highest BCUT2D eigenvalue weighted by atomic mass is 16.5. The van der Waals surface area contributed by atoms with Gasteiger partial charge in [0.2, 0.25) is 0 Å². The number of methoxy groups -OCH3 is 1. The van der Waals surface area contributed by atoms with Crippen molar-refractivity contribution < 1.29 is 9.53 Å². The zero-order valence-corrected chi connectivity index (χ0v) is 16.6. The Bertz CT molecular complexity index is 1170. The number of pyridine rings is 1. The summed E-state index contributed by atoms with van der Waals surface area (Å²) in [4.78, 5) is 25.6. The zero-order chi connectivity index (χ0) is 20.9. The van der Waals surface area contributed by atoms with E-state index < -0.39 is 0 Å². The quantitative estimate of drug-likeness (QED) is 0.535. The van der Waals surface area contributed by atoms with Crippen LogP contribution in [0.15, 0.2) is 67.3 Å². The molecule has 0 unspecified atom stereocenters. The Morgan fingerprint density at radius 2 is 1.97 bits per heavy atom. The van der Waals surface area contributed by atoms with Crippen LogP contribution in [0.1, 0.15) is 21.6 Å². The van der Waals surface area contributed by atoms with Crippen LogP contribution in [0.5, 0.6) is 5.75 Å². The smallest absolute Gasteiger partial charge is 0.255 e. The Labute approximate surface area is 173 Å². The number of carbonyl (C=O) groups is 1. The largest absolute Gasteiger partial charge is 0.496 e. The molecule has 0 saturated heterocycles. The van der Waals surface area contributed by atoms with E-state index in [9.17, 15) is 4.79 Å². The lowest BCUT2D eigenvalue weighted by molar-refractivity contribution is 0.0950. The Morgan fingerprint density at radius 3 is 2.77 bits per heavy atom. The van der Waals surface area contributed by atoms with Gasteiger partial charge in [0.05, 0.1) is 30.3 Å². The summed E-state index contributed by atoms with van der Waals surface area (Å²) in [5.74, 6) is 0.875. The van der Waals surface area contributed by atoms with Gasteiger partial charge in [-0.2, -0.15) is 5.10 Å². The summed E-state index contributed by atoms with van der Waals surface area (Å²) >= 11 is 0. The van der Waals surface area contributed by atoms with Crippen LogP contribution in [0.4, 0.5) is 0 Å². The highest BCUT2D eigenvalue weighted by molar-refractivity contribution is 5.95. The number of nitrogens with one attached hydrogen (secondary N) is 1. The molecule has 1 aromatic carbocycles. The summed E-state index contributed by atoms with van der Waals surface area (Å²) in [5, 5.41) is 7.21. The van der Waals surface area contributed by atoms with E-state index in [4.69, 9.17) is 4.74 Å². The Morgan fingerprint density at radius 1 is 1.10 bits per heavy atom. The highest BCUT2D eigenvalue weighted by Crippen LogP contribution is 2.28. The molecule has 0 spiro atoms. The van der Waals surface area contributed by atoms with E-state index in [2.05, 4.69) is 25.4 Å². The van der Waals surface area contributed by atoms with Crippen LogP contribution in [-0.4, -0.2) is 37.7 Å². The van der Waals surface area contributed by atoms with Crippen LogP contribution in [-0.2, 0) is 6.54 Å². The molecule has 3 aromatic heterocycles. The average Bonchev–Trinajstić information content (AvgIpc) is 3.19. The minimum Gasteiger partial charge on any atom is -0.496 e. The summed E-state index contributed by atoms with van der Waals surface area (Å²) < 4.78 is 6.98. The van der Waals surface area contributed by atoms with Crippen molar-refractivity contribution in [1.29, 1.82) is 0 Å². The van der Waals surface area contributed by atoms with E-state index in [1.54, 1.807) is 30.4 Å². The maximum Gasteiger partial charge on any atom is 0.255 e. The highest BCUT2D eigenvalue weighted by Gasteiger charge is 2.17. The normalized spacial score (nSPS) is 10.6. The van der Waals surface area contributed by atoms with Crippen LogP contribution < -0.4 is 10.1 Å². The van der Waals surface area contributed by atoms with Gasteiger partial charge < -0.3 is 10.1 Å². The summed E-state index contributed by atoms with van der Waals surface area (Å²) in [7, 11) is 1.62. The van der Waals surface area contributed by atoms with E-state index in [0.717, 1.165) is 16.9 Å². The monoisotopic (exact) mass is 400 g/mol. The summed E-state index contributed by atoms with van der Waals surface area (Å²) in [6.07, 6.45) is 6.59. The van der Waals surface area contributed by atoms with Crippen LogP contribution >= 0.6 is 0 Å². The third-order valence-electron chi connectivity index (χ3n) is 4.65. The van der Waals surface area contributed by atoms with Crippen LogP contribution in [0.25, 0.3) is 17.2 Å².